The van der Waals surface area contributed by atoms with Crippen LogP contribution in [0.4, 0.5) is 5.00 Å². The predicted octanol–water partition coefficient (Wildman–Crippen LogP) is 4.04. The summed E-state index contributed by atoms with van der Waals surface area (Å²) in [6, 6.07) is 9.24. The number of hydrogen-bond acceptors (Lipinski definition) is 4. The van der Waals surface area contributed by atoms with Crippen LogP contribution in [0.15, 0.2) is 41.9 Å². The molecule has 8 heteroatoms. The minimum atomic E-state index is -0.302. The van der Waals surface area contributed by atoms with Gasteiger partial charge < -0.3 is 10.6 Å². The maximum atomic E-state index is 12.7. The van der Waals surface area contributed by atoms with Crippen LogP contribution in [0.3, 0.4) is 0 Å². The first-order valence-corrected chi connectivity index (χ1v) is 9.79. The molecule has 1 aliphatic rings. The molecule has 0 atom stereocenters. The topological polar surface area (TPSA) is 76.0 Å². The van der Waals surface area contributed by atoms with Crippen molar-refractivity contribution in [2.24, 2.45) is 0 Å². The summed E-state index contributed by atoms with van der Waals surface area (Å²) in [6.45, 7) is 1.82. The molecule has 1 saturated carbocycles. The first-order valence-electron chi connectivity index (χ1n) is 8.53. The van der Waals surface area contributed by atoms with Crippen molar-refractivity contribution in [3.63, 3.8) is 0 Å². The SMILES string of the molecule is Cc1c(C(=O)Nc2sccc2C(=O)NC2CC2)cnn1-c1cccc(Cl)c1. The maximum Gasteiger partial charge on any atom is 0.259 e. The summed E-state index contributed by atoms with van der Waals surface area (Å²) in [5.41, 5.74) is 2.40. The quantitative estimate of drug-likeness (QED) is 0.678. The van der Waals surface area contributed by atoms with Crippen LogP contribution < -0.4 is 10.6 Å². The number of benzene rings is 1. The summed E-state index contributed by atoms with van der Waals surface area (Å²) in [7, 11) is 0. The van der Waals surface area contributed by atoms with E-state index in [4.69, 9.17) is 11.6 Å². The number of carbonyl (C=O) groups excluding carboxylic acids is 2. The Hall–Kier alpha value is -2.64. The zero-order chi connectivity index (χ0) is 19.0. The molecule has 0 aliphatic heterocycles. The number of aromatic nitrogens is 2. The second-order valence-corrected chi connectivity index (χ2v) is 7.75. The van der Waals surface area contributed by atoms with Crippen molar-refractivity contribution in [1.82, 2.24) is 15.1 Å². The molecule has 138 valence electrons. The maximum absolute atomic E-state index is 12.7. The third-order valence-electron chi connectivity index (χ3n) is 4.36. The van der Waals surface area contributed by atoms with Gasteiger partial charge in [-0.05, 0) is 49.4 Å². The average molecular weight is 401 g/mol. The van der Waals surface area contributed by atoms with Crippen LogP contribution in [0.5, 0.6) is 0 Å². The fourth-order valence-corrected chi connectivity index (χ4v) is 3.71. The van der Waals surface area contributed by atoms with E-state index >= 15 is 0 Å². The van der Waals surface area contributed by atoms with E-state index in [9.17, 15) is 9.59 Å². The van der Waals surface area contributed by atoms with E-state index in [1.807, 2.05) is 19.1 Å². The highest BCUT2D eigenvalue weighted by atomic mass is 35.5. The van der Waals surface area contributed by atoms with Crippen molar-refractivity contribution >= 4 is 39.8 Å². The molecule has 1 aliphatic carbocycles. The number of hydrogen-bond donors (Lipinski definition) is 2. The second kappa shape index (κ2) is 7.17. The molecule has 0 bridgehead atoms. The fourth-order valence-electron chi connectivity index (χ4n) is 2.75. The van der Waals surface area contributed by atoms with Gasteiger partial charge in [0.25, 0.3) is 11.8 Å². The monoisotopic (exact) mass is 400 g/mol. The lowest BCUT2D eigenvalue weighted by molar-refractivity contribution is 0.0952. The zero-order valence-electron chi connectivity index (χ0n) is 14.5. The Balaban J connectivity index is 1.54. The summed E-state index contributed by atoms with van der Waals surface area (Å²) < 4.78 is 1.66. The Morgan fingerprint density at radius 1 is 1.22 bits per heavy atom. The summed E-state index contributed by atoms with van der Waals surface area (Å²) in [5, 5.41) is 13.0. The summed E-state index contributed by atoms with van der Waals surface area (Å²) in [5.74, 6) is -0.455. The number of amides is 2. The Labute approximate surface area is 165 Å². The number of rotatable bonds is 5. The van der Waals surface area contributed by atoms with Crippen molar-refractivity contribution in [2.45, 2.75) is 25.8 Å². The highest BCUT2D eigenvalue weighted by molar-refractivity contribution is 7.14. The Morgan fingerprint density at radius 2 is 2.04 bits per heavy atom. The third-order valence-corrected chi connectivity index (χ3v) is 5.42. The molecular weight excluding hydrogens is 384 g/mol. The smallest absolute Gasteiger partial charge is 0.259 e. The second-order valence-electron chi connectivity index (χ2n) is 6.40. The van der Waals surface area contributed by atoms with Gasteiger partial charge >= 0.3 is 0 Å². The molecule has 0 unspecified atom stereocenters. The standard InChI is InChI=1S/C19H17ClN4O2S/c1-11-16(10-21-24(11)14-4-2-3-12(20)9-14)18(26)23-19-15(7-8-27-19)17(25)22-13-5-6-13/h2-4,7-10,13H,5-6H2,1H3,(H,22,25)(H,23,26). The number of nitrogens with one attached hydrogen (secondary N) is 2. The fraction of sp³-hybridized carbons (Fsp3) is 0.211. The highest BCUT2D eigenvalue weighted by Gasteiger charge is 2.26. The number of anilines is 1. The van der Waals surface area contributed by atoms with Crippen LogP contribution >= 0.6 is 22.9 Å². The van der Waals surface area contributed by atoms with Crippen LogP contribution in [0.2, 0.25) is 5.02 Å². The molecule has 1 aromatic carbocycles. The van der Waals surface area contributed by atoms with Gasteiger partial charge in [-0.3, -0.25) is 9.59 Å². The molecular formula is C19H17ClN4O2S. The Kier molecular flexibility index (Phi) is 4.72. The van der Waals surface area contributed by atoms with Crippen LogP contribution in [-0.2, 0) is 0 Å². The van der Waals surface area contributed by atoms with Gasteiger partial charge in [0.2, 0.25) is 0 Å². The minimum absolute atomic E-state index is 0.152. The van der Waals surface area contributed by atoms with E-state index in [2.05, 4.69) is 15.7 Å². The van der Waals surface area contributed by atoms with Gasteiger partial charge in [-0.15, -0.1) is 11.3 Å². The molecule has 3 aromatic rings. The van der Waals surface area contributed by atoms with Crippen molar-refractivity contribution in [3.05, 3.63) is 63.8 Å². The minimum Gasteiger partial charge on any atom is -0.349 e. The van der Waals surface area contributed by atoms with Crippen LogP contribution in [0, 0.1) is 6.92 Å². The van der Waals surface area contributed by atoms with E-state index in [-0.39, 0.29) is 17.9 Å². The van der Waals surface area contributed by atoms with Crippen LogP contribution in [0.25, 0.3) is 5.69 Å². The number of thiophene rings is 1. The van der Waals surface area contributed by atoms with E-state index in [0.717, 1.165) is 18.5 Å². The number of nitrogens with zero attached hydrogens (tertiary/aromatic N) is 2. The molecule has 4 rings (SSSR count). The first kappa shape index (κ1) is 17.8. The van der Waals surface area contributed by atoms with Crippen molar-refractivity contribution < 1.29 is 9.59 Å². The Bertz CT molecular complexity index is 1020. The molecule has 0 spiro atoms. The first-order chi connectivity index (χ1) is 13.0. The average Bonchev–Trinajstić information content (AvgIpc) is 3.18. The molecule has 0 saturated heterocycles. The van der Waals surface area contributed by atoms with Crippen LogP contribution in [-0.4, -0.2) is 27.6 Å². The summed E-state index contributed by atoms with van der Waals surface area (Å²) >= 11 is 7.36. The molecule has 6 nitrogen and oxygen atoms in total. The molecule has 0 radical (unpaired) electrons. The third kappa shape index (κ3) is 3.74. The predicted molar refractivity (Wildman–Crippen MR) is 106 cm³/mol. The number of halogens is 1. The molecule has 2 amide bonds. The normalized spacial score (nSPS) is 13.4. The van der Waals surface area contributed by atoms with Gasteiger partial charge in [0.15, 0.2) is 0 Å². The molecule has 27 heavy (non-hydrogen) atoms. The van der Waals surface area contributed by atoms with Gasteiger partial charge in [-0.1, -0.05) is 17.7 Å². The van der Waals surface area contributed by atoms with E-state index in [1.54, 1.807) is 28.3 Å². The van der Waals surface area contributed by atoms with Crippen LogP contribution in [0.1, 0.15) is 39.3 Å². The van der Waals surface area contributed by atoms with Crippen molar-refractivity contribution in [1.29, 1.82) is 0 Å². The van der Waals surface area contributed by atoms with Crippen molar-refractivity contribution in [2.75, 3.05) is 5.32 Å². The zero-order valence-corrected chi connectivity index (χ0v) is 16.1. The van der Waals surface area contributed by atoms with Gasteiger partial charge in [0, 0.05) is 11.1 Å². The van der Waals surface area contributed by atoms with Gasteiger partial charge in [0.05, 0.1) is 28.7 Å². The molecule has 1 fully saturated rings. The van der Waals surface area contributed by atoms with Gasteiger partial charge in [-0.25, -0.2) is 4.68 Å². The number of carbonyl (C=O) groups is 2. The highest BCUT2D eigenvalue weighted by Crippen LogP contribution is 2.27. The van der Waals surface area contributed by atoms with E-state index < -0.39 is 0 Å². The van der Waals surface area contributed by atoms with E-state index in [1.165, 1.54) is 17.5 Å². The Morgan fingerprint density at radius 3 is 2.78 bits per heavy atom. The lowest BCUT2D eigenvalue weighted by Crippen LogP contribution is -2.26. The van der Waals surface area contributed by atoms with Gasteiger partial charge in [-0.2, -0.15) is 5.10 Å². The molecule has 2 N–H and O–H groups in total. The largest absolute Gasteiger partial charge is 0.349 e. The summed E-state index contributed by atoms with van der Waals surface area (Å²) in [6.07, 6.45) is 3.54. The van der Waals surface area contributed by atoms with Gasteiger partial charge in [0.1, 0.15) is 5.00 Å². The van der Waals surface area contributed by atoms with Crippen molar-refractivity contribution in [3.8, 4) is 5.69 Å². The summed E-state index contributed by atoms with van der Waals surface area (Å²) in [4.78, 5) is 25.0. The molecule has 2 aromatic heterocycles. The molecule has 2 heterocycles. The van der Waals surface area contributed by atoms with E-state index in [0.29, 0.717) is 26.8 Å². The lowest BCUT2D eigenvalue weighted by Gasteiger charge is -2.08. The lowest BCUT2D eigenvalue weighted by atomic mass is 10.2.